The highest BCUT2D eigenvalue weighted by Gasteiger charge is 2.49. The number of hydrogen-bond donors (Lipinski definition) is 5. The number of rotatable bonds is 8. The Hall–Kier alpha value is -4.35. The molecule has 2 aromatic heterocycles. The van der Waals surface area contributed by atoms with Crippen LogP contribution in [0.5, 0.6) is 0 Å². The minimum Gasteiger partial charge on any atom is -0.394 e. The number of thiazole rings is 1. The highest BCUT2D eigenvalue weighted by molar-refractivity contribution is 7.17. The maximum atomic E-state index is 10.1. The first kappa shape index (κ1) is 26.9. The van der Waals surface area contributed by atoms with E-state index in [2.05, 4.69) is 70.4 Å². The molecule has 41 heavy (non-hydrogen) atoms. The molecule has 0 amide bonds. The van der Waals surface area contributed by atoms with Crippen molar-refractivity contribution in [2.75, 3.05) is 23.8 Å². The zero-order valence-electron chi connectivity index (χ0n) is 23.2. The summed E-state index contributed by atoms with van der Waals surface area (Å²) in [4.78, 5) is 9.09. The van der Waals surface area contributed by atoms with Crippen molar-refractivity contribution in [2.24, 2.45) is 5.41 Å². The minimum atomic E-state index is -0.315. The Morgan fingerprint density at radius 1 is 1.24 bits per heavy atom. The Balaban J connectivity index is 1.47. The summed E-state index contributed by atoms with van der Waals surface area (Å²) < 4.78 is 1.07. The topological polar surface area (TPSA) is 121 Å². The molecular weight excluding hydrogens is 532 g/mol. The number of benzene rings is 2. The lowest BCUT2D eigenvalue weighted by atomic mass is 9.96. The average Bonchev–Trinajstić information content (AvgIpc) is 3.35. The molecule has 2 aliphatic rings. The predicted molar refractivity (Wildman–Crippen MR) is 164 cm³/mol. The molecule has 3 heterocycles. The number of nitrogens with one attached hydrogen (secondary N) is 4. The summed E-state index contributed by atoms with van der Waals surface area (Å²) in [6.07, 6.45) is 11.4. The fraction of sp³-hybridized carbons (Fsp3) is 0.323. The average molecular weight is 565 g/mol. The summed E-state index contributed by atoms with van der Waals surface area (Å²) in [5, 5.41) is 30.1. The molecule has 0 spiro atoms. The third-order valence-corrected chi connectivity index (χ3v) is 8.48. The third kappa shape index (κ3) is 5.02. The molecule has 9 nitrogen and oxygen atoms in total. The van der Waals surface area contributed by atoms with Crippen LogP contribution < -0.4 is 21.6 Å². The maximum absolute atomic E-state index is 10.1. The molecule has 1 aliphatic heterocycles. The normalized spacial score (nSPS) is 16.5. The molecule has 208 valence electrons. The zero-order chi connectivity index (χ0) is 28.8. The SMILES string of the molecule is C#Cc1cnc2c(C#N)cc(N[C@H](C3=CN(C4(CO)CC4)NN3)c3cccc4ncsc34)cc2c1NCC(C)(C)C. The Morgan fingerprint density at radius 2 is 2.07 bits per heavy atom. The minimum absolute atomic E-state index is 0.0148. The molecule has 0 saturated heterocycles. The first-order valence-electron chi connectivity index (χ1n) is 13.5. The van der Waals surface area contributed by atoms with E-state index in [0.717, 1.165) is 51.1 Å². The van der Waals surface area contributed by atoms with Gasteiger partial charge < -0.3 is 21.2 Å². The summed E-state index contributed by atoms with van der Waals surface area (Å²) in [5.41, 5.74) is 14.2. The molecule has 1 fully saturated rings. The van der Waals surface area contributed by atoms with Crippen LogP contribution in [0.2, 0.25) is 0 Å². The highest BCUT2D eigenvalue weighted by atomic mass is 32.1. The number of hydrazine groups is 2. The van der Waals surface area contributed by atoms with E-state index in [1.165, 1.54) is 0 Å². The van der Waals surface area contributed by atoms with E-state index in [1.807, 2.05) is 41.0 Å². The fourth-order valence-electron chi connectivity index (χ4n) is 5.10. The van der Waals surface area contributed by atoms with Gasteiger partial charge in [0.2, 0.25) is 0 Å². The number of aromatic nitrogens is 2. The molecule has 2 aromatic carbocycles. The fourth-order valence-corrected chi connectivity index (χ4v) is 5.94. The van der Waals surface area contributed by atoms with E-state index < -0.39 is 0 Å². The summed E-state index contributed by atoms with van der Waals surface area (Å²) in [5.74, 6) is 2.75. The quantitative estimate of drug-likeness (QED) is 0.188. The van der Waals surface area contributed by atoms with Gasteiger partial charge >= 0.3 is 0 Å². The van der Waals surface area contributed by atoms with E-state index in [4.69, 9.17) is 6.42 Å². The van der Waals surface area contributed by atoms with Gasteiger partial charge in [0, 0.05) is 30.0 Å². The Morgan fingerprint density at radius 3 is 2.78 bits per heavy atom. The molecule has 6 rings (SSSR count). The second-order valence-corrected chi connectivity index (χ2v) is 12.7. The van der Waals surface area contributed by atoms with Crippen LogP contribution in [0.15, 0.2) is 53.9 Å². The lowest BCUT2D eigenvalue weighted by Gasteiger charge is -2.24. The predicted octanol–water partition coefficient (Wildman–Crippen LogP) is 5.00. The standard InChI is InChI=1S/C31H32N8OS/c1-5-19-14-33-27-20(13-32)11-21(12-23(27)26(19)34-16-30(2,3)4)36-28(22-7-6-8-24-29(22)41-18-35-24)25-15-39(38-37-25)31(17-40)9-10-31/h1,6-8,11-12,14-15,18,28,36-38,40H,9-10,16-17H2,2-4H3,(H,33,34)/t28-/m0/s1. The molecule has 5 N–H and O–H groups in total. The Bertz CT molecular complexity index is 1750. The van der Waals surface area contributed by atoms with E-state index in [1.54, 1.807) is 17.5 Å². The molecule has 10 heteroatoms. The summed E-state index contributed by atoms with van der Waals surface area (Å²) in [6.45, 7) is 7.22. The van der Waals surface area contributed by atoms with Crippen LogP contribution >= 0.6 is 11.3 Å². The zero-order valence-corrected chi connectivity index (χ0v) is 24.1. The molecule has 0 bridgehead atoms. The molecule has 1 saturated carbocycles. The van der Waals surface area contributed by atoms with Gasteiger partial charge in [-0.25, -0.2) is 4.98 Å². The van der Waals surface area contributed by atoms with Gasteiger partial charge in [-0.2, -0.15) is 5.26 Å². The Kier molecular flexibility index (Phi) is 6.71. The van der Waals surface area contributed by atoms with Gasteiger partial charge in [-0.3, -0.25) is 9.99 Å². The number of nitriles is 1. The van der Waals surface area contributed by atoms with Gasteiger partial charge in [0.15, 0.2) is 0 Å². The molecule has 1 aliphatic carbocycles. The summed E-state index contributed by atoms with van der Waals surface area (Å²) >= 11 is 1.59. The van der Waals surface area contributed by atoms with Crippen molar-refractivity contribution >= 4 is 43.8 Å². The molecule has 0 unspecified atom stereocenters. The van der Waals surface area contributed by atoms with Crippen molar-refractivity contribution in [2.45, 2.75) is 45.2 Å². The van der Waals surface area contributed by atoms with Crippen molar-refractivity contribution in [3.05, 3.63) is 70.6 Å². The number of anilines is 2. The largest absolute Gasteiger partial charge is 0.394 e. The second-order valence-electron chi connectivity index (χ2n) is 11.8. The maximum Gasteiger partial charge on any atom is 0.102 e. The van der Waals surface area contributed by atoms with Crippen LogP contribution in [0, 0.1) is 29.1 Å². The molecule has 4 aromatic rings. The van der Waals surface area contributed by atoms with Gasteiger partial charge in [-0.1, -0.05) is 38.8 Å². The second kappa shape index (κ2) is 10.2. The van der Waals surface area contributed by atoms with E-state index in [9.17, 15) is 10.4 Å². The number of terminal acetylenes is 1. The molecule has 1 atom stereocenters. The number of nitrogens with zero attached hydrogens (tertiary/aromatic N) is 4. The first-order chi connectivity index (χ1) is 19.7. The van der Waals surface area contributed by atoms with Gasteiger partial charge in [0.1, 0.15) is 6.07 Å². The monoisotopic (exact) mass is 564 g/mol. The van der Waals surface area contributed by atoms with Gasteiger partial charge in [-0.15, -0.1) is 23.3 Å². The van der Waals surface area contributed by atoms with Gasteiger partial charge in [0.25, 0.3) is 0 Å². The van der Waals surface area contributed by atoms with Crippen molar-refractivity contribution in [1.29, 1.82) is 5.26 Å². The smallest absolute Gasteiger partial charge is 0.102 e. The lowest BCUT2D eigenvalue weighted by molar-refractivity contribution is 0.106. The van der Waals surface area contributed by atoms with Crippen molar-refractivity contribution in [3.8, 4) is 18.4 Å². The van der Waals surface area contributed by atoms with E-state index in [0.29, 0.717) is 23.2 Å². The van der Waals surface area contributed by atoms with Crippen LogP contribution in [0.1, 0.15) is 56.3 Å². The highest BCUT2D eigenvalue weighted by Crippen LogP contribution is 2.43. The van der Waals surface area contributed by atoms with Crippen LogP contribution in [-0.4, -0.2) is 38.8 Å². The number of fused-ring (bicyclic) bond motifs is 2. The summed E-state index contributed by atoms with van der Waals surface area (Å²) in [7, 11) is 0. The van der Waals surface area contributed by atoms with Crippen molar-refractivity contribution < 1.29 is 5.11 Å². The first-order valence-corrected chi connectivity index (χ1v) is 14.4. The molecule has 0 radical (unpaired) electrons. The van der Waals surface area contributed by atoms with Crippen molar-refractivity contribution in [1.82, 2.24) is 25.9 Å². The Labute approximate surface area is 243 Å². The summed E-state index contributed by atoms with van der Waals surface area (Å²) in [6, 6.07) is 11.9. The number of pyridine rings is 1. The van der Waals surface area contributed by atoms with Gasteiger partial charge in [-0.05, 0) is 42.0 Å². The molecular formula is C31H32N8OS. The van der Waals surface area contributed by atoms with E-state index in [-0.39, 0.29) is 23.6 Å². The van der Waals surface area contributed by atoms with E-state index >= 15 is 0 Å². The lowest BCUT2D eigenvalue weighted by Crippen LogP contribution is -2.46. The van der Waals surface area contributed by atoms with Crippen LogP contribution in [-0.2, 0) is 0 Å². The van der Waals surface area contributed by atoms with Gasteiger partial charge in [0.05, 0.1) is 61.9 Å². The number of aliphatic hydroxyl groups excluding tert-OH is 1. The number of hydrogen-bond acceptors (Lipinski definition) is 10. The van der Waals surface area contributed by atoms with Crippen LogP contribution in [0.25, 0.3) is 21.1 Å². The van der Waals surface area contributed by atoms with Crippen LogP contribution in [0.3, 0.4) is 0 Å². The van der Waals surface area contributed by atoms with Crippen LogP contribution in [0.4, 0.5) is 11.4 Å². The number of aliphatic hydroxyl groups is 1. The van der Waals surface area contributed by atoms with Crippen molar-refractivity contribution in [3.63, 3.8) is 0 Å². The third-order valence-electron chi connectivity index (χ3n) is 7.58.